The van der Waals surface area contributed by atoms with Crippen LogP contribution < -0.4 is 0 Å². The maximum Gasteiger partial charge on any atom is 0.337 e. The molecule has 0 amide bonds. The van der Waals surface area contributed by atoms with E-state index in [0.29, 0.717) is 0 Å². The molecule has 0 unspecified atom stereocenters. The Morgan fingerprint density at radius 2 is 1.92 bits per heavy atom. The van der Waals surface area contributed by atoms with Gasteiger partial charge in [-0.25, -0.2) is 9.18 Å². The Bertz CT molecular complexity index is 338. The number of carboxylic acid groups (broad SMARTS) is 1. The minimum absolute atomic E-state index is 0.163. The quantitative estimate of drug-likeness (QED) is 0.722. The normalized spacial score (nSPS) is 9.92. The van der Waals surface area contributed by atoms with Crippen molar-refractivity contribution in [3.05, 3.63) is 33.6 Å². The number of benzene rings is 1. The van der Waals surface area contributed by atoms with E-state index < -0.39 is 11.8 Å². The average molecular weight is 209 g/mol. The number of aromatic carboxylic acids is 1. The lowest BCUT2D eigenvalue weighted by atomic mass is 10.2. The Balaban J connectivity index is 3.33. The van der Waals surface area contributed by atoms with Crippen LogP contribution >= 0.6 is 23.2 Å². The van der Waals surface area contributed by atoms with E-state index in [4.69, 9.17) is 28.3 Å². The number of hydrogen-bond donors (Lipinski definition) is 1. The third-order valence-corrected chi connectivity index (χ3v) is 1.84. The fraction of sp³-hybridized carbons (Fsp3) is 0. The highest BCUT2D eigenvalue weighted by atomic mass is 35.5. The number of carboxylic acids is 1. The summed E-state index contributed by atoms with van der Waals surface area (Å²) in [6.07, 6.45) is 0. The van der Waals surface area contributed by atoms with Crippen LogP contribution in [0.5, 0.6) is 0 Å². The van der Waals surface area contributed by atoms with Gasteiger partial charge in [0.1, 0.15) is 5.82 Å². The molecule has 1 aromatic carbocycles. The van der Waals surface area contributed by atoms with E-state index in [9.17, 15) is 9.18 Å². The summed E-state index contributed by atoms with van der Waals surface area (Å²) in [4.78, 5) is 10.4. The molecule has 0 aliphatic rings. The molecular formula is C7H3Cl2FO2. The van der Waals surface area contributed by atoms with Crippen LogP contribution in [-0.4, -0.2) is 11.1 Å². The third kappa shape index (κ3) is 1.68. The van der Waals surface area contributed by atoms with Gasteiger partial charge in [0, 0.05) is 0 Å². The van der Waals surface area contributed by atoms with E-state index in [0.717, 1.165) is 12.1 Å². The summed E-state index contributed by atoms with van der Waals surface area (Å²) in [7, 11) is 0. The van der Waals surface area contributed by atoms with Crippen LogP contribution in [0.15, 0.2) is 12.1 Å². The van der Waals surface area contributed by atoms with Crippen molar-refractivity contribution >= 4 is 29.2 Å². The van der Waals surface area contributed by atoms with Crippen LogP contribution in [0.4, 0.5) is 4.39 Å². The smallest absolute Gasteiger partial charge is 0.337 e. The zero-order valence-corrected chi connectivity index (χ0v) is 7.16. The first-order valence-electron chi connectivity index (χ1n) is 2.90. The Morgan fingerprint density at radius 3 is 2.42 bits per heavy atom. The summed E-state index contributed by atoms with van der Waals surface area (Å²) >= 11 is 10.7. The number of carbonyl (C=O) groups is 1. The van der Waals surface area contributed by atoms with Crippen LogP contribution in [0.2, 0.25) is 10.0 Å². The fourth-order valence-electron chi connectivity index (χ4n) is 0.686. The third-order valence-electron chi connectivity index (χ3n) is 1.24. The van der Waals surface area contributed by atoms with E-state index >= 15 is 0 Å². The van der Waals surface area contributed by atoms with Crippen molar-refractivity contribution in [2.45, 2.75) is 0 Å². The van der Waals surface area contributed by atoms with Crippen molar-refractivity contribution in [3.8, 4) is 0 Å². The predicted molar refractivity (Wildman–Crippen MR) is 43.4 cm³/mol. The van der Waals surface area contributed by atoms with Gasteiger partial charge in [0.25, 0.3) is 0 Å². The van der Waals surface area contributed by atoms with E-state index in [-0.39, 0.29) is 15.6 Å². The molecule has 1 rings (SSSR count). The molecule has 5 heteroatoms. The first kappa shape index (κ1) is 9.29. The molecular weight excluding hydrogens is 206 g/mol. The summed E-state index contributed by atoms with van der Waals surface area (Å²) in [5, 5.41) is 8.10. The van der Waals surface area contributed by atoms with E-state index in [2.05, 4.69) is 0 Å². The van der Waals surface area contributed by atoms with Crippen molar-refractivity contribution < 1.29 is 14.3 Å². The predicted octanol–water partition coefficient (Wildman–Crippen LogP) is 2.83. The van der Waals surface area contributed by atoms with Gasteiger partial charge in [-0.1, -0.05) is 23.2 Å². The Hall–Kier alpha value is -0.800. The first-order chi connectivity index (χ1) is 5.52. The Labute approximate surface area is 77.5 Å². The summed E-state index contributed by atoms with van der Waals surface area (Å²) in [5.41, 5.74) is -0.205. The molecule has 0 radical (unpaired) electrons. The van der Waals surface area contributed by atoms with Crippen molar-refractivity contribution in [3.63, 3.8) is 0 Å². The molecule has 0 atom stereocenters. The standard InChI is InChI=1S/C7H3Cl2FO2/c8-4-2-6(10)5(9)1-3(4)7(11)12/h1-2H,(H,11,12). The largest absolute Gasteiger partial charge is 0.478 e. The monoisotopic (exact) mass is 208 g/mol. The van der Waals surface area contributed by atoms with E-state index in [1.54, 1.807) is 0 Å². The molecule has 2 nitrogen and oxygen atoms in total. The van der Waals surface area contributed by atoms with Gasteiger partial charge in [-0.15, -0.1) is 0 Å². The highest BCUT2D eigenvalue weighted by Gasteiger charge is 2.12. The lowest BCUT2D eigenvalue weighted by molar-refractivity contribution is 0.0697. The van der Waals surface area contributed by atoms with Crippen molar-refractivity contribution in [1.82, 2.24) is 0 Å². The van der Waals surface area contributed by atoms with E-state index in [1.165, 1.54) is 0 Å². The zero-order chi connectivity index (χ0) is 9.30. The van der Waals surface area contributed by atoms with Crippen LogP contribution in [-0.2, 0) is 0 Å². The fourth-order valence-corrected chi connectivity index (χ4v) is 1.08. The molecule has 0 aliphatic heterocycles. The molecule has 0 heterocycles. The maximum absolute atomic E-state index is 12.6. The molecule has 1 N–H and O–H groups in total. The highest BCUT2D eigenvalue weighted by molar-refractivity contribution is 6.35. The number of rotatable bonds is 1. The summed E-state index contributed by atoms with van der Waals surface area (Å²) in [5.74, 6) is -1.96. The second-order valence-corrected chi connectivity index (χ2v) is 2.87. The van der Waals surface area contributed by atoms with Crippen LogP contribution in [0.1, 0.15) is 10.4 Å². The molecule has 0 bridgehead atoms. The maximum atomic E-state index is 12.6. The van der Waals surface area contributed by atoms with Crippen molar-refractivity contribution in [2.75, 3.05) is 0 Å². The van der Waals surface area contributed by atoms with E-state index in [1.807, 2.05) is 0 Å². The van der Waals surface area contributed by atoms with Crippen molar-refractivity contribution in [1.29, 1.82) is 0 Å². The molecule has 1 aromatic rings. The lowest BCUT2D eigenvalue weighted by Crippen LogP contribution is -1.98. The topological polar surface area (TPSA) is 37.3 Å². The van der Waals surface area contributed by atoms with Gasteiger partial charge in [-0.05, 0) is 12.1 Å². The van der Waals surface area contributed by atoms with Crippen LogP contribution in [0.3, 0.4) is 0 Å². The molecule has 12 heavy (non-hydrogen) atoms. The van der Waals surface area contributed by atoms with Crippen molar-refractivity contribution in [2.24, 2.45) is 0 Å². The summed E-state index contributed by atoms with van der Waals surface area (Å²) in [6, 6.07) is 1.84. The van der Waals surface area contributed by atoms with Gasteiger partial charge >= 0.3 is 5.97 Å². The highest BCUT2D eigenvalue weighted by Crippen LogP contribution is 2.23. The molecule has 0 spiro atoms. The molecule has 0 saturated carbocycles. The van der Waals surface area contributed by atoms with Gasteiger partial charge < -0.3 is 5.11 Å². The van der Waals surface area contributed by atoms with Gasteiger partial charge in [0.05, 0.1) is 15.6 Å². The second kappa shape index (κ2) is 3.29. The number of hydrogen-bond acceptors (Lipinski definition) is 1. The molecule has 0 aromatic heterocycles. The Kier molecular flexibility index (Phi) is 2.55. The van der Waals surface area contributed by atoms with Gasteiger partial charge in [0.15, 0.2) is 0 Å². The van der Waals surface area contributed by atoms with Gasteiger partial charge in [0.2, 0.25) is 0 Å². The molecule has 64 valence electrons. The van der Waals surface area contributed by atoms with Gasteiger partial charge in [-0.3, -0.25) is 0 Å². The average Bonchev–Trinajstić information content (AvgIpc) is 1.96. The summed E-state index contributed by atoms with van der Waals surface area (Å²) < 4.78 is 12.6. The van der Waals surface area contributed by atoms with Gasteiger partial charge in [-0.2, -0.15) is 0 Å². The first-order valence-corrected chi connectivity index (χ1v) is 3.66. The molecule has 0 saturated heterocycles. The van der Waals surface area contributed by atoms with Crippen LogP contribution in [0, 0.1) is 5.82 Å². The Morgan fingerprint density at radius 1 is 1.33 bits per heavy atom. The second-order valence-electron chi connectivity index (χ2n) is 2.05. The molecule has 0 fully saturated rings. The SMILES string of the molecule is O=C(O)c1cc(Cl)c(F)cc1Cl. The lowest BCUT2D eigenvalue weighted by Gasteiger charge is -1.99. The number of halogens is 3. The minimum atomic E-state index is -1.23. The summed E-state index contributed by atoms with van der Waals surface area (Å²) in [6.45, 7) is 0. The minimum Gasteiger partial charge on any atom is -0.478 e. The molecule has 0 aliphatic carbocycles. The zero-order valence-electron chi connectivity index (χ0n) is 5.64. The van der Waals surface area contributed by atoms with Crippen LogP contribution in [0.25, 0.3) is 0 Å².